The van der Waals surface area contributed by atoms with Crippen molar-refractivity contribution in [2.24, 2.45) is 0 Å². The van der Waals surface area contributed by atoms with Gasteiger partial charge in [-0.05, 0) is 59.2 Å². The minimum atomic E-state index is -0.353. The molecular formula is C45H31N4O2-. The molecule has 244 valence electrons. The molecule has 3 atom stereocenters. The lowest BCUT2D eigenvalue weighted by Crippen LogP contribution is -2.44. The van der Waals surface area contributed by atoms with E-state index in [1.165, 1.54) is 21.8 Å². The van der Waals surface area contributed by atoms with Gasteiger partial charge in [-0.25, -0.2) is 0 Å². The first kappa shape index (κ1) is 28.6. The third-order valence-corrected chi connectivity index (χ3v) is 10.4. The van der Waals surface area contributed by atoms with Crippen LogP contribution in [0.25, 0.3) is 76.7 Å². The molecule has 6 nitrogen and oxygen atoms in total. The summed E-state index contributed by atoms with van der Waals surface area (Å²) in [5.74, 6) is 0. The molecule has 2 N–H and O–H groups in total. The number of fused-ring (bicyclic) bond motifs is 10. The Morgan fingerprint density at radius 2 is 1.04 bits per heavy atom. The molecule has 0 aliphatic carbocycles. The van der Waals surface area contributed by atoms with Crippen molar-refractivity contribution < 1.29 is 8.83 Å². The Morgan fingerprint density at radius 3 is 1.84 bits per heavy atom. The van der Waals surface area contributed by atoms with Gasteiger partial charge in [-0.1, -0.05) is 128 Å². The highest BCUT2D eigenvalue weighted by molar-refractivity contribution is 6.19. The molecule has 0 saturated carbocycles. The first-order chi connectivity index (χ1) is 25.3. The van der Waals surface area contributed by atoms with E-state index in [9.17, 15) is 0 Å². The van der Waals surface area contributed by atoms with Crippen LogP contribution in [0.4, 0.5) is 0 Å². The van der Waals surface area contributed by atoms with E-state index >= 15 is 0 Å². The van der Waals surface area contributed by atoms with Gasteiger partial charge in [0, 0.05) is 38.0 Å². The second kappa shape index (κ2) is 11.2. The summed E-state index contributed by atoms with van der Waals surface area (Å²) in [5.41, 5.74) is 9.87. The Kier molecular flexibility index (Phi) is 6.27. The maximum absolute atomic E-state index is 6.79. The highest BCUT2D eigenvalue weighted by Gasteiger charge is 2.25. The zero-order chi connectivity index (χ0) is 33.5. The smallest absolute Gasteiger partial charge is 0.178 e. The van der Waals surface area contributed by atoms with Gasteiger partial charge in [0.05, 0.1) is 17.2 Å². The summed E-state index contributed by atoms with van der Waals surface area (Å²) < 4.78 is 15.5. The summed E-state index contributed by atoms with van der Waals surface area (Å²) >= 11 is 0. The molecule has 11 rings (SSSR count). The molecule has 1 aliphatic heterocycles. The van der Waals surface area contributed by atoms with Crippen molar-refractivity contribution in [2.45, 2.75) is 18.5 Å². The summed E-state index contributed by atoms with van der Waals surface area (Å²) in [6.07, 6.45) is -0.803. The Labute approximate surface area is 292 Å². The third-order valence-electron chi connectivity index (χ3n) is 10.4. The topological polar surface area (TPSA) is 69.4 Å². The van der Waals surface area contributed by atoms with Gasteiger partial charge < -0.3 is 29.4 Å². The van der Waals surface area contributed by atoms with Crippen LogP contribution in [0.2, 0.25) is 0 Å². The second-order valence-corrected chi connectivity index (χ2v) is 13.3. The first-order valence-corrected chi connectivity index (χ1v) is 17.4. The van der Waals surface area contributed by atoms with Crippen LogP contribution < -0.4 is 10.6 Å². The maximum atomic E-state index is 6.79. The fourth-order valence-corrected chi connectivity index (χ4v) is 8.10. The van der Waals surface area contributed by atoms with E-state index in [0.717, 1.165) is 66.3 Å². The molecule has 6 heteroatoms. The fraction of sp³-hybridized carbons (Fsp3) is 0.0667. The maximum Gasteiger partial charge on any atom is 0.178 e. The quantitative estimate of drug-likeness (QED) is 0.197. The van der Waals surface area contributed by atoms with Gasteiger partial charge >= 0.3 is 0 Å². The van der Waals surface area contributed by atoms with Gasteiger partial charge in [-0.15, -0.1) is 0 Å². The number of para-hydroxylation sites is 4. The number of aromatic nitrogens is 1. The van der Waals surface area contributed by atoms with Crippen LogP contribution in [0, 0.1) is 0 Å². The van der Waals surface area contributed by atoms with E-state index in [-0.39, 0.29) is 18.5 Å². The molecule has 1 saturated heterocycles. The van der Waals surface area contributed by atoms with Crippen molar-refractivity contribution in [3.05, 3.63) is 180 Å². The van der Waals surface area contributed by atoms with E-state index in [0.29, 0.717) is 0 Å². The summed E-state index contributed by atoms with van der Waals surface area (Å²) in [6.45, 7) is 0. The summed E-state index contributed by atoms with van der Waals surface area (Å²) in [7, 11) is 0. The Bertz CT molecular complexity index is 2880. The Morgan fingerprint density at radius 1 is 0.451 bits per heavy atom. The average molecular weight is 660 g/mol. The molecule has 0 bridgehead atoms. The van der Waals surface area contributed by atoms with E-state index < -0.39 is 0 Å². The van der Waals surface area contributed by atoms with E-state index in [1.54, 1.807) is 0 Å². The van der Waals surface area contributed by atoms with Crippen LogP contribution in [0.5, 0.6) is 0 Å². The number of benzene rings is 7. The molecule has 3 unspecified atom stereocenters. The van der Waals surface area contributed by atoms with E-state index in [2.05, 4.69) is 155 Å². The van der Waals surface area contributed by atoms with Crippen molar-refractivity contribution in [3.63, 3.8) is 0 Å². The van der Waals surface area contributed by atoms with E-state index in [4.69, 9.17) is 14.2 Å². The van der Waals surface area contributed by atoms with Gasteiger partial charge in [0.15, 0.2) is 11.2 Å². The van der Waals surface area contributed by atoms with Gasteiger partial charge in [-0.3, -0.25) is 0 Å². The second-order valence-electron chi connectivity index (χ2n) is 13.3. The first-order valence-electron chi connectivity index (χ1n) is 17.4. The molecule has 3 aromatic heterocycles. The standard InChI is InChI=1S/C45H31N4O2/c1-2-12-27(13-3-1)43-46-44(28-14-10-15-29(26-28)49-37-21-7-4-16-30(37)31-17-5-8-22-38(31)49)48-45(47-43)36-20-11-19-33-35-25-24-34-32-18-6-9-23-39(32)50-41(34)42(35)51-40(33)36/h1-26,43-47H/q-1. The molecule has 4 heterocycles. The van der Waals surface area contributed by atoms with Crippen LogP contribution in [0.3, 0.4) is 0 Å². The van der Waals surface area contributed by atoms with Gasteiger partial charge in [0.2, 0.25) is 0 Å². The highest BCUT2D eigenvalue weighted by atomic mass is 16.4. The largest absolute Gasteiger partial charge is 0.624 e. The third kappa shape index (κ3) is 4.41. The number of nitrogens with one attached hydrogen (secondary N) is 2. The van der Waals surface area contributed by atoms with Crippen LogP contribution in [-0.2, 0) is 0 Å². The molecule has 7 aromatic carbocycles. The fourth-order valence-electron chi connectivity index (χ4n) is 8.10. The van der Waals surface area contributed by atoms with Crippen molar-refractivity contribution in [3.8, 4) is 5.69 Å². The number of rotatable bonds is 4. The van der Waals surface area contributed by atoms with Crippen LogP contribution in [0.1, 0.15) is 35.2 Å². The van der Waals surface area contributed by atoms with Crippen LogP contribution in [0.15, 0.2) is 167 Å². The molecule has 0 radical (unpaired) electrons. The average Bonchev–Trinajstić information content (AvgIpc) is 3.88. The SMILES string of the molecule is c1ccc(C2NC(c3cccc(-n4c5ccccc5c5ccccc54)c3)[N-]C(c3cccc4c3oc3c4ccc4c5ccccc5oc43)N2)cc1. The predicted octanol–water partition coefficient (Wildman–Crippen LogP) is 11.5. The lowest BCUT2D eigenvalue weighted by atomic mass is 10.0. The lowest BCUT2D eigenvalue weighted by Gasteiger charge is -2.50. The lowest BCUT2D eigenvalue weighted by molar-refractivity contribution is 0.316. The molecule has 51 heavy (non-hydrogen) atoms. The molecule has 10 aromatic rings. The number of furan rings is 2. The van der Waals surface area contributed by atoms with Crippen molar-refractivity contribution in [1.29, 1.82) is 0 Å². The van der Waals surface area contributed by atoms with Crippen molar-refractivity contribution >= 4 is 65.7 Å². The summed E-state index contributed by atoms with van der Waals surface area (Å²) in [4.78, 5) is 0. The monoisotopic (exact) mass is 659 g/mol. The Balaban J connectivity index is 1.05. The molecular weight excluding hydrogens is 629 g/mol. The van der Waals surface area contributed by atoms with Crippen molar-refractivity contribution in [1.82, 2.24) is 15.2 Å². The van der Waals surface area contributed by atoms with Crippen molar-refractivity contribution in [2.75, 3.05) is 0 Å². The number of hydrogen-bond donors (Lipinski definition) is 2. The molecule has 1 fully saturated rings. The minimum absolute atomic E-state index is 0.155. The summed E-state index contributed by atoms with van der Waals surface area (Å²) in [6, 6.07) is 55.3. The van der Waals surface area contributed by atoms with Gasteiger partial charge in [0.25, 0.3) is 0 Å². The molecule has 0 spiro atoms. The zero-order valence-electron chi connectivity index (χ0n) is 27.5. The summed E-state index contributed by atoms with van der Waals surface area (Å²) in [5, 5.41) is 19.8. The molecule has 1 aliphatic rings. The normalized spacial score (nSPS) is 18.2. The number of hydrogen-bond acceptors (Lipinski definition) is 4. The zero-order valence-corrected chi connectivity index (χ0v) is 27.5. The van der Waals surface area contributed by atoms with Crippen LogP contribution in [-0.4, -0.2) is 4.57 Å². The Hall–Kier alpha value is -6.18. The predicted molar refractivity (Wildman–Crippen MR) is 206 cm³/mol. The number of nitrogens with zero attached hydrogens (tertiary/aromatic N) is 2. The molecule has 0 amide bonds. The van der Waals surface area contributed by atoms with Gasteiger partial charge in [0.1, 0.15) is 11.2 Å². The highest BCUT2D eigenvalue weighted by Crippen LogP contribution is 2.44. The minimum Gasteiger partial charge on any atom is -0.624 e. The van der Waals surface area contributed by atoms with Gasteiger partial charge in [-0.2, -0.15) is 0 Å². The van der Waals surface area contributed by atoms with Crippen LogP contribution >= 0.6 is 0 Å². The van der Waals surface area contributed by atoms with E-state index in [1.807, 2.05) is 18.2 Å².